The van der Waals surface area contributed by atoms with E-state index in [0.717, 1.165) is 12.0 Å². The summed E-state index contributed by atoms with van der Waals surface area (Å²) >= 11 is 13.4. The zero-order valence-electron chi connectivity index (χ0n) is 10.3. The Bertz CT molecular complexity index is 613. The minimum Gasteiger partial charge on any atom is -0.293 e. The molecule has 7 heteroatoms. The molecule has 0 spiro atoms. The van der Waals surface area contributed by atoms with Crippen LogP contribution in [0.1, 0.15) is 28.3 Å². The maximum Gasteiger partial charge on any atom is 0.183 e. The van der Waals surface area contributed by atoms with Gasteiger partial charge in [0, 0.05) is 11.5 Å². The number of nitrogens with zero attached hydrogens (tertiary/aromatic N) is 2. The highest BCUT2D eigenvalue weighted by atomic mass is 35.5. The van der Waals surface area contributed by atoms with Gasteiger partial charge in [-0.2, -0.15) is 5.10 Å². The molecule has 20 heavy (non-hydrogen) atoms. The Balaban J connectivity index is 1.61. The number of rotatable bonds is 5. The molecule has 1 heterocycles. The van der Waals surface area contributed by atoms with Crippen LogP contribution in [0.5, 0.6) is 0 Å². The van der Waals surface area contributed by atoms with Crippen molar-refractivity contribution in [1.29, 1.82) is 0 Å². The number of alkyl halides is 2. The molecule has 1 aliphatic carbocycles. The number of carbonyl (C=O) groups excluding carboxylic acids is 1. The summed E-state index contributed by atoms with van der Waals surface area (Å²) in [5.74, 6) is 0.558. The minimum absolute atomic E-state index is 0.0526. The maximum atomic E-state index is 12.0. The van der Waals surface area contributed by atoms with Crippen LogP contribution >= 0.6 is 35.0 Å². The van der Waals surface area contributed by atoms with Crippen LogP contribution in [0.15, 0.2) is 35.7 Å². The number of H-pyrrole nitrogens is 1. The molecule has 1 atom stereocenters. The van der Waals surface area contributed by atoms with Gasteiger partial charge in [-0.15, -0.1) is 23.2 Å². The second-order valence-electron chi connectivity index (χ2n) is 4.64. The number of aromatic nitrogens is 3. The molecule has 1 aliphatic rings. The Morgan fingerprint density at radius 2 is 2.10 bits per heavy atom. The summed E-state index contributed by atoms with van der Waals surface area (Å²) in [5, 5.41) is 7.08. The Hall–Kier alpha value is -1.04. The second-order valence-corrected chi connectivity index (χ2v) is 7.15. The molecular weight excluding hydrogens is 317 g/mol. The summed E-state index contributed by atoms with van der Waals surface area (Å²) in [5.41, 5.74) is 1.76. The van der Waals surface area contributed by atoms with E-state index in [9.17, 15) is 4.79 Å². The lowest BCUT2D eigenvalue weighted by Crippen LogP contribution is -2.03. The van der Waals surface area contributed by atoms with Gasteiger partial charge in [-0.25, -0.2) is 4.98 Å². The lowest BCUT2D eigenvalue weighted by atomic mass is 10.1. The number of ketones is 1. The smallest absolute Gasteiger partial charge is 0.183 e. The predicted molar refractivity (Wildman–Crippen MR) is 79.7 cm³/mol. The zero-order valence-corrected chi connectivity index (χ0v) is 12.7. The first kappa shape index (κ1) is 13.9. The van der Waals surface area contributed by atoms with Crippen molar-refractivity contribution in [2.24, 2.45) is 0 Å². The van der Waals surface area contributed by atoms with Crippen molar-refractivity contribution in [3.8, 4) is 0 Å². The maximum absolute atomic E-state index is 12.0. The number of carbonyl (C=O) groups is 1. The molecule has 3 rings (SSSR count). The molecule has 2 aromatic rings. The zero-order chi connectivity index (χ0) is 14.2. The van der Waals surface area contributed by atoms with Gasteiger partial charge in [0.2, 0.25) is 0 Å². The summed E-state index contributed by atoms with van der Waals surface area (Å²) in [6.45, 7) is 0. The van der Waals surface area contributed by atoms with Crippen molar-refractivity contribution < 1.29 is 4.79 Å². The van der Waals surface area contributed by atoms with Gasteiger partial charge < -0.3 is 0 Å². The van der Waals surface area contributed by atoms with Gasteiger partial charge in [0.1, 0.15) is 10.7 Å². The third-order valence-electron chi connectivity index (χ3n) is 3.19. The minimum atomic E-state index is -0.631. The molecule has 0 amide bonds. The molecule has 1 aromatic carbocycles. The first-order valence-corrected chi connectivity index (χ1v) is 7.79. The second kappa shape index (κ2) is 5.39. The van der Waals surface area contributed by atoms with E-state index < -0.39 is 4.33 Å². The largest absolute Gasteiger partial charge is 0.293 e. The van der Waals surface area contributed by atoms with E-state index in [2.05, 4.69) is 15.2 Å². The fraction of sp³-hybridized carbons (Fsp3) is 0.308. The first-order valence-electron chi connectivity index (χ1n) is 6.05. The Labute approximate surface area is 130 Å². The summed E-state index contributed by atoms with van der Waals surface area (Å²) in [6.07, 6.45) is 2.19. The molecule has 0 bridgehead atoms. The number of Topliss-reactive ketones (excluding diaryl/α,β-unsaturated/α-hetero) is 1. The SMILES string of the molecule is O=C(CSc1ncn[nH]1)c1ccc(C2CC2(Cl)Cl)cc1. The Morgan fingerprint density at radius 1 is 1.40 bits per heavy atom. The van der Waals surface area contributed by atoms with Gasteiger partial charge in [-0.1, -0.05) is 36.0 Å². The van der Waals surface area contributed by atoms with E-state index in [-0.39, 0.29) is 11.7 Å². The van der Waals surface area contributed by atoms with Crippen LogP contribution in [0.4, 0.5) is 0 Å². The quantitative estimate of drug-likeness (QED) is 0.519. The molecule has 1 unspecified atom stereocenters. The standard InChI is InChI=1S/C13H11Cl2N3OS/c14-13(15)5-10(13)8-1-3-9(4-2-8)11(19)6-20-12-16-7-17-18-12/h1-4,7,10H,5-6H2,(H,16,17,18). The van der Waals surface area contributed by atoms with E-state index in [1.54, 1.807) is 0 Å². The van der Waals surface area contributed by atoms with Crippen LogP contribution < -0.4 is 0 Å². The van der Waals surface area contributed by atoms with Crippen molar-refractivity contribution in [1.82, 2.24) is 15.2 Å². The van der Waals surface area contributed by atoms with Gasteiger partial charge in [0.05, 0.1) is 5.75 Å². The van der Waals surface area contributed by atoms with E-state index >= 15 is 0 Å². The van der Waals surface area contributed by atoms with Gasteiger partial charge >= 0.3 is 0 Å². The number of benzene rings is 1. The molecule has 1 saturated carbocycles. The number of halogens is 2. The molecule has 1 fully saturated rings. The predicted octanol–water partition coefficient (Wildman–Crippen LogP) is 3.44. The van der Waals surface area contributed by atoms with Gasteiger partial charge in [-0.05, 0) is 12.0 Å². The van der Waals surface area contributed by atoms with Crippen molar-refractivity contribution >= 4 is 40.7 Å². The first-order chi connectivity index (χ1) is 9.56. The van der Waals surface area contributed by atoms with Gasteiger partial charge in [0.25, 0.3) is 0 Å². The van der Waals surface area contributed by atoms with Gasteiger partial charge in [0.15, 0.2) is 10.9 Å². The van der Waals surface area contributed by atoms with Crippen LogP contribution in [0, 0.1) is 0 Å². The molecule has 0 saturated heterocycles. The fourth-order valence-electron chi connectivity index (χ4n) is 1.96. The number of nitrogens with one attached hydrogen (secondary N) is 1. The number of hydrogen-bond acceptors (Lipinski definition) is 4. The van der Waals surface area contributed by atoms with Gasteiger partial charge in [-0.3, -0.25) is 9.89 Å². The normalized spacial score (nSPS) is 19.8. The van der Waals surface area contributed by atoms with Crippen LogP contribution in [0.3, 0.4) is 0 Å². The average molecular weight is 328 g/mol. The van der Waals surface area contributed by atoms with Crippen molar-refractivity contribution in [2.45, 2.75) is 21.8 Å². The number of thioether (sulfide) groups is 1. The topological polar surface area (TPSA) is 58.6 Å². The Morgan fingerprint density at radius 3 is 2.65 bits per heavy atom. The molecule has 0 aliphatic heterocycles. The number of aromatic amines is 1. The molecule has 1 N–H and O–H groups in total. The molecule has 4 nitrogen and oxygen atoms in total. The highest BCUT2D eigenvalue weighted by Gasteiger charge is 2.52. The van der Waals surface area contributed by atoms with E-state index in [0.29, 0.717) is 16.5 Å². The summed E-state index contributed by atoms with van der Waals surface area (Å²) in [6, 6.07) is 7.48. The third kappa shape index (κ3) is 3.00. The molecule has 1 aromatic heterocycles. The lowest BCUT2D eigenvalue weighted by molar-refractivity contribution is 0.102. The van der Waals surface area contributed by atoms with Crippen molar-refractivity contribution in [3.63, 3.8) is 0 Å². The van der Waals surface area contributed by atoms with Crippen LogP contribution in [-0.2, 0) is 0 Å². The molecular formula is C13H11Cl2N3OS. The van der Waals surface area contributed by atoms with Crippen LogP contribution in [-0.4, -0.2) is 31.1 Å². The summed E-state index contributed by atoms with van der Waals surface area (Å²) < 4.78 is -0.631. The van der Waals surface area contributed by atoms with Crippen LogP contribution in [0.2, 0.25) is 0 Å². The Kier molecular flexibility index (Phi) is 3.75. The summed E-state index contributed by atoms with van der Waals surface area (Å²) in [7, 11) is 0. The molecule has 104 valence electrons. The summed E-state index contributed by atoms with van der Waals surface area (Å²) in [4.78, 5) is 16.0. The van der Waals surface area contributed by atoms with Crippen molar-refractivity contribution in [3.05, 3.63) is 41.7 Å². The lowest BCUT2D eigenvalue weighted by Gasteiger charge is -2.03. The monoisotopic (exact) mass is 327 g/mol. The highest BCUT2D eigenvalue weighted by molar-refractivity contribution is 7.99. The van der Waals surface area contributed by atoms with E-state index in [4.69, 9.17) is 23.2 Å². The van der Waals surface area contributed by atoms with E-state index in [1.807, 2.05) is 24.3 Å². The number of hydrogen-bond donors (Lipinski definition) is 1. The average Bonchev–Trinajstić information content (AvgIpc) is 2.87. The highest BCUT2D eigenvalue weighted by Crippen LogP contribution is 2.59. The molecule has 0 radical (unpaired) electrons. The third-order valence-corrected chi connectivity index (χ3v) is 4.91. The van der Waals surface area contributed by atoms with Crippen LogP contribution in [0.25, 0.3) is 0 Å². The fourth-order valence-corrected chi connectivity index (χ4v) is 3.19. The van der Waals surface area contributed by atoms with E-state index in [1.165, 1.54) is 18.1 Å². The van der Waals surface area contributed by atoms with Crippen molar-refractivity contribution in [2.75, 3.05) is 5.75 Å².